The minimum absolute atomic E-state index is 0. The van der Waals surface area contributed by atoms with Crippen molar-refractivity contribution in [3.63, 3.8) is 0 Å². The number of aliphatic imine (C=N–C) groups is 1. The van der Waals surface area contributed by atoms with Gasteiger partial charge in [-0.05, 0) is 37.8 Å². The maximum Gasteiger partial charge on any atom is 0.416 e. The van der Waals surface area contributed by atoms with E-state index in [0.717, 1.165) is 63.9 Å². The van der Waals surface area contributed by atoms with Crippen LogP contribution >= 0.6 is 0 Å². The minimum Gasteiger partial charge on any atom is -0.381 e. The molecule has 2 heterocycles. The lowest BCUT2D eigenvalue weighted by Crippen LogP contribution is -2.45. The largest absolute Gasteiger partial charge is 0.416 e. The van der Waals surface area contributed by atoms with Gasteiger partial charge in [0.25, 0.3) is 0 Å². The molecule has 0 spiro atoms. The van der Waals surface area contributed by atoms with Gasteiger partial charge in [-0.15, -0.1) is 0 Å². The highest BCUT2D eigenvalue weighted by Gasteiger charge is 2.33. The lowest BCUT2D eigenvalue weighted by Gasteiger charge is -2.25. The van der Waals surface area contributed by atoms with Crippen molar-refractivity contribution < 1.29 is 24.1 Å². The highest BCUT2D eigenvalue weighted by atomic mass is 19.4. The lowest BCUT2D eigenvalue weighted by molar-refractivity contribution is -0.125. The first kappa shape index (κ1) is 19.7. The monoisotopic (exact) mass is 361 g/mol. The molecule has 142 valence electrons. The average molecular weight is 361 g/mol. The summed E-state index contributed by atoms with van der Waals surface area (Å²) in [5, 5.41) is 2.66. The number of carbonyl (C=O) groups excluding carboxylic acids is 1. The smallest absolute Gasteiger partial charge is 0.381 e. The number of hydrogen-bond donors (Lipinski definition) is 1. The van der Waals surface area contributed by atoms with Crippen molar-refractivity contribution in [1.29, 1.82) is 0 Å². The molecule has 2 atom stereocenters. The summed E-state index contributed by atoms with van der Waals surface area (Å²) in [6.07, 6.45) is 0.920. The summed E-state index contributed by atoms with van der Waals surface area (Å²) < 4.78 is 42.8. The van der Waals surface area contributed by atoms with Crippen molar-refractivity contribution >= 4 is 12.1 Å². The molecular formula is C17H26F3N3O2. The molecule has 0 bridgehead atoms. The van der Waals surface area contributed by atoms with Gasteiger partial charge >= 0.3 is 6.18 Å². The third-order valence-corrected chi connectivity index (χ3v) is 4.43. The topological polar surface area (TPSA) is 53.9 Å². The number of rotatable bonds is 7. The van der Waals surface area contributed by atoms with Gasteiger partial charge in [0.2, 0.25) is 5.91 Å². The highest BCUT2D eigenvalue weighted by molar-refractivity contribution is 5.82. The van der Waals surface area contributed by atoms with E-state index in [9.17, 15) is 18.0 Å². The van der Waals surface area contributed by atoms with Crippen LogP contribution in [0, 0.1) is 5.92 Å². The van der Waals surface area contributed by atoms with Gasteiger partial charge in [0.1, 0.15) is 6.67 Å². The number of alkyl halides is 3. The molecule has 2 fully saturated rings. The normalized spacial score (nSPS) is 25.6. The van der Waals surface area contributed by atoms with Gasteiger partial charge in [-0.25, -0.2) is 0 Å². The number of ether oxygens (including phenoxy) is 1. The van der Waals surface area contributed by atoms with Crippen LogP contribution < -0.4 is 5.32 Å². The molecule has 1 N–H and O–H groups in total. The van der Waals surface area contributed by atoms with Crippen LogP contribution in [0.4, 0.5) is 13.2 Å². The number of halogens is 3. The van der Waals surface area contributed by atoms with Crippen molar-refractivity contribution in [2.45, 2.75) is 31.5 Å². The third-order valence-electron chi connectivity index (χ3n) is 4.43. The molecule has 8 heteroatoms. The zero-order chi connectivity index (χ0) is 18.3. The second-order valence-corrected chi connectivity index (χ2v) is 6.24. The van der Waals surface area contributed by atoms with Crippen LogP contribution in [-0.2, 0) is 9.53 Å². The van der Waals surface area contributed by atoms with E-state index in [1.165, 1.54) is 0 Å². The SMILES string of the molecule is C=C/C(=C\C=N/CNC(=O)[C@@H]1CCCN1CC1CCOC1)C(F)(F)F.[HH]. The van der Waals surface area contributed by atoms with Crippen molar-refractivity contribution in [3.05, 3.63) is 24.3 Å². The predicted molar refractivity (Wildman–Crippen MR) is 91.5 cm³/mol. The van der Waals surface area contributed by atoms with Crippen LogP contribution in [0.5, 0.6) is 0 Å². The van der Waals surface area contributed by atoms with Crippen molar-refractivity contribution in [1.82, 2.24) is 10.2 Å². The predicted octanol–water partition coefficient (Wildman–Crippen LogP) is 2.55. The fraction of sp³-hybridized carbons (Fsp3) is 0.647. The Kier molecular flexibility index (Phi) is 7.19. The van der Waals surface area contributed by atoms with Crippen LogP contribution in [0.3, 0.4) is 0 Å². The van der Waals surface area contributed by atoms with Gasteiger partial charge in [0.15, 0.2) is 0 Å². The highest BCUT2D eigenvalue weighted by Crippen LogP contribution is 2.25. The molecule has 0 aromatic rings. The maximum absolute atomic E-state index is 12.5. The second kappa shape index (κ2) is 9.15. The van der Waals surface area contributed by atoms with E-state index in [1.54, 1.807) is 0 Å². The molecule has 0 aromatic heterocycles. The van der Waals surface area contributed by atoms with Crippen LogP contribution in [0.2, 0.25) is 0 Å². The molecule has 2 aliphatic rings. The Balaban J connectivity index is 0.00000338. The molecule has 1 amide bonds. The fourth-order valence-electron chi connectivity index (χ4n) is 3.11. The molecule has 0 aromatic carbocycles. The van der Waals surface area contributed by atoms with Crippen molar-refractivity contribution in [2.75, 3.05) is 33.0 Å². The number of likely N-dealkylation sites (tertiary alicyclic amines) is 1. The first-order chi connectivity index (χ1) is 11.9. The Hall–Kier alpha value is -1.67. The summed E-state index contributed by atoms with van der Waals surface area (Å²) in [6.45, 7) is 6.33. The molecule has 5 nitrogen and oxygen atoms in total. The Bertz CT molecular complexity index is 532. The van der Waals surface area contributed by atoms with Crippen LogP contribution in [0.15, 0.2) is 29.3 Å². The average Bonchev–Trinajstić information content (AvgIpc) is 3.21. The number of hydrogen-bond acceptors (Lipinski definition) is 4. The van der Waals surface area contributed by atoms with E-state index < -0.39 is 11.7 Å². The Labute approximate surface area is 147 Å². The van der Waals surface area contributed by atoms with E-state index in [2.05, 4.69) is 21.8 Å². The van der Waals surface area contributed by atoms with Crippen molar-refractivity contribution in [2.24, 2.45) is 10.9 Å². The summed E-state index contributed by atoms with van der Waals surface area (Å²) in [7, 11) is 0. The van der Waals surface area contributed by atoms with Gasteiger partial charge in [0.05, 0.1) is 18.2 Å². The molecule has 2 aliphatic heterocycles. The quantitative estimate of drug-likeness (QED) is 0.560. The number of allylic oxidation sites excluding steroid dienone is 3. The first-order valence-corrected chi connectivity index (χ1v) is 8.41. The van der Waals surface area contributed by atoms with E-state index in [-0.39, 0.29) is 20.0 Å². The second-order valence-electron chi connectivity index (χ2n) is 6.24. The Morgan fingerprint density at radius 1 is 1.44 bits per heavy atom. The lowest BCUT2D eigenvalue weighted by atomic mass is 10.1. The van der Waals surface area contributed by atoms with E-state index in [1.807, 2.05) is 0 Å². The standard InChI is InChI=1S/C17H24F3N3O2.H2/c1-2-14(17(18,19)20)5-7-21-12-22-16(24)15-4-3-8-23(15)10-13-6-9-25-11-13;/h2,5,7,13,15H,1,3-4,6,8-12H2,(H,22,24);1H/b14-5+,21-7-;/t13?,15-;/m0./s1. The molecule has 2 rings (SSSR count). The van der Waals surface area contributed by atoms with Gasteiger partial charge in [-0.3, -0.25) is 14.7 Å². The minimum atomic E-state index is -4.45. The van der Waals surface area contributed by atoms with E-state index in [4.69, 9.17) is 4.74 Å². The molecule has 2 saturated heterocycles. The summed E-state index contributed by atoms with van der Waals surface area (Å²) in [5.41, 5.74) is -0.872. The first-order valence-electron chi connectivity index (χ1n) is 8.41. The van der Waals surface area contributed by atoms with Gasteiger partial charge in [-0.1, -0.05) is 12.7 Å². The van der Waals surface area contributed by atoms with E-state index in [0.29, 0.717) is 5.92 Å². The molecule has 0 radical (unpaired) electrons. The van der Waals surface area contributed by atoms with Crippen LogP contribution in [0.25, 0.3) is 0 Å². The Morgan fingerprint density at radius 2 is 2.24 bits per heavy atom. The Morgan fingerprint density at radius 3 is 2.88 bits per heavy atom. The molecule has 0 saturated carbocycles. The van der Waals surface area contributed by atoms with Gasteiger partial charge < -0.3 is 10.1 Å². The van der Waals surface area contributed by atoms with Crippen molar-refractivity contribution in [3.8, 4) is 0 Å². The molecule has 25 heavy (non-hydrogen) atoms. The van der Waals surface area contributed by atoms with Gasteiger partial charge in [0, 0.05) is 20.8 Å². The fourth-order valence-corrected chi connectivity index (χ4v) is 3.11. The summed E-state index contributed by atoms with van der Waals surface area (Å²) in [4.78, 5) is 18.2. The zero-order valence-corrected chi connectivity index (χ0v) is 14.1. The summed E-state index contributed by atoms with van der Waals surface area (Å²) in [5.74, 6) is 0.341. The maximum atomic E-state index is 12.5. The third kappa shape index (κ3) is 5.97. The summed E-state index contributed by atoms with van der Waals surface area (Å²) in [6, 6.07) is -0.190. The molecular weight excluding hydrogens is 335 g/mol. The van der Waals surface area contributed by atoms with Gasteiger partial charge in [-0.2, -0.15) is 13.2 Å². The number of nitrogens with zero attached hydrogens (tertiary/aromatic N) is 2. The number of carbonyl (C=O) groups is 1. The van der Waals surface area contributed by atoms with Crippen LogP contribution in [0.1, 0.15) is 20.7 Å². The molecule has 1 unspecified atom stereocenters. The number of nitrogens with one attached hydrogen (secondary N) is 1. The molecule has 0 aliphatic carbocycles. The number of amides is 1. The summed E-state index contributed by atoms with van der Waals surface area (Å²) >= 11 is 0. The zero-order valence-electron chi connectivity index (χ0n) is 14.1. The van der Waals surface area contributed by atoms with Crippen LogP contribution in [-0.4, -0.2) is 62.2 Å². The van der Waals surface area contributed by atoms with E-state index >= 15 is 0 Å².